The molecule has 1 aromatic heterocycles. The van der Waals surface area contributed by atoms with Crippen molar-refractivity contribution in [1.82, 2.24) is 9.55 Å². The number of ether oxygens (including phenoxy) is 1. The number of rotatable bonds is 5. The Balaban J connectivity index is 1.69. The molecular formula is C19H17BrN2O. The molecule has 23 heavy (non-hydrogen) atoms. The third-order valence-corrected chi connectivity index (χ3v) is 4.20. The van der Waals surface area contributed by atoms with Crippen LogP contribution in [-0.2, 0) is 6.54 Å². The number of benzene rings is 2. The van der Waals surface area contributed by atoms with Gasteiger partial charge in [-0.25, -0.2) is 4.98 Å². The molecule has 0 aliphatic rings. The number of nitrogens with zero attached hydrogens (tertiary/aromatic N) is 2. The van der Waals surface area contributed by atoms with E-state index >= 15 is 0 Å². The van der Waals surface area contributed by atoms with Gasteiger partial charge in [-0.05, 0) is 58.3 Å². The molecule has 0 aliphatic heterocycles. The second-order valence-corrected chi connectivity index (χ2v) is 6.06. The lowest BCUT2D eigenvalue weighted by atomic mass is 10.1. The molecule has 3 nitrogen and oxygen atoms in total. The van der Waals surface area contributed by atoms with Crippen LogP contribution in [0, 0.1) is 0 Å². The molecule has 0 fully saturated rings. The minimum absolute atomic E-state index is 0.813. The molecule has 0 aliphatic carbocycles. The normalized spacial score (nSPS) is 11.5. The first-order valence-corrected chi connectivity index (χ1v) is 8.17. The summed E-state index contributed by atoms with van der Waals surface area (Å²) in [5.74, 6) is 1.63. The molecule has 0 saturated heterocycles. The predicted molar refractivity (Wildman–Crippen MR) is 96.5 cm³/mol. The molecule has 0 saturated carbocycles. The summed E-state index contributed by atoms with van der Waals surface area (Å²) < 4.78 is 8.86. The van der Waals surface area contributed by atoms with Crippen LogP contribution < -0.4 is 4.74 Å². The molecule has 3 aromatic rings. The summed E-state index contributed by atoms with van der Waals surface area (Å²) in [6, 6.07) is 16.0. The Kier molecular flexibility index (Phi) is 4.93. The number of allylic oxidation sites excluding steroid dienone is 2. The summed E-state index contributed by atoms with van der Waals surface area (Å²) >= 11 is 3.49. The van der Waals surface area contributed by atoms with Crippen molar-refractivity contribution < 1.29 is 4.74 Å². The average molecular weight is 369 g/mol. The quantitative estimate of drug-likeness (QED) is 0.590. The molecule has 0 spiro atoms. The van der Waals surface area contributed by atoms with Gasteiger partial charge >= 0.3 is 0 Å². The molecule has 1 heterocycles. The van der Waals surface area contributed by atoms with Crippen LogP contribution in [0.2, 0.25) is 0 Å². The molecule has 0 radical (unpaired) electrons. The average Bonchev–Trinajstić information content (AvgIpc) is 3.09. The molecule has 0 amide bonds. The maximum atomic E-state index is 5.88. The van der Waals surface area contributed by atoms with E-state index in [1.54, 1.807) is 6.20 Å². The van der Waals surface area contributed by atoms with Crippen molar-refractivity contribution in [2.45, 2.75) is 13.5 Å². The maximum Gasteiger partial charge on any atom is 0.141 e. The van der Waals surface area contributed by atoms with Gasteiger partial charge in [-0.2, -0.15) is 0 Å². The van der Waals surface area contributed by atoms with Gasteiger partial charge in [-0.1, -0.05) is 30.3 Å². The summed E-state index contributed by atoms with van der Waals surface area (Å²) in [7, 11) is 0. The highest BCUT2D eigenvalue weighted by Crippen LogP contribution is 2.29. The number of hydrogen-bond donors (Lipinski definition) is 0. The third-order valence-electron chi connectivity index (χ3n) is 3.54. The van der Waals surface area contributed by atoms with Gasteiger partial charge in [0.05, 0.1) is 10.8 Å². The van der Waals surface area contributed by atoms with E-state index in [-0.39, 0.29) is 0 Å². The number of aromatic nitrogens is 2. The number of para-hydroxylation sites is 1. The zero-order valence-electron chi connectivity index (χ0n) is 12.8. The molecule has 0 N–H and O–H groups in total. The lowest BCUT2D eigenvalue weighted by Gasteiger charge is -2.09. The largest absolute Gasteiger partial charge is 0.456 e. The Bertz CT molecular complexity index is 793. The van der Waals surface area contributed by atoms with Crippen molar-refractivity contribution in [1.29, 1.82) is 0 Å². The first-order chi connectivity index (χ1) is 11.2. The minimum Gasteiger partial charge on any atom is -0.456 e. The van der Waals surface area contributed by atoms with E-state index in [9.17, 15) is 0 Å². The monoisotopic (exact) mass is 368 g/mol. The second-order valence-electron chi connectivity index (χ2n) is 5.20. The van der Waals surface area contributed by atoms with E-state index in [0.29, 0.717) is 0 Å². The van der Waals surface area contributed by atoms with E-state index in [0.717, 1.165) is 22.5 Å². The first kappa shape index (κ1) is 15.6. The highest BCUT2D eigenvalue weighted by atomic mass is 79.9. The summed E-state index contributed by atoms with van der Waals surface area (Å²) in [6.07, 6.45) is 7.75. The van der Waals surface area contributed by atoms with E-state index in [1.165, 1.54) is 11.1 Å². The van der Waals surface area contributed by atoms with Crippen molar-refractivity contribution in [3.8, 4) is 11.5 Å². The van der Waals surface area contributed by atoms with Gasteiger partial charge in [0.15, 0.2) is 0 Å². The van der Waals surface area contributed by atoms with Gasteiger partial charge in [-0.3, -0.25) is 0 Å². The van der Waals surface area contributed by atoms with Gasteiger partial charge < -0.3 is 9.30 Å². The minimum atomic E-state index is 0.813. The van der Waals surface area contributed by atoms with Crippen LogP contribution in [0.15, 0.2) is 77.8 Å². The van der Waals surface area contributed by atoms with Crippen molar-refractivity contribution in [3.63, 3.8) is 0 Å². The third kappa shape index (κ3) is 4.11. The van der Waals surface area contributed by atoms with Gasteiger partial charge in [0.25, 0.3) is 0 Å². The molecule has 4 heteroatoms. The maximum absolute atomic E-state index is 5.88. The molecule has 0 unspecified atom stereocenters. The molecular weight excluding hydrogens is 352 g/mol. The Labute approximate surface area is 144 Å². The van der Waals surface area contributed by atoms with Crippen molar-refractivity contribution in [2.24, 2.45) is 0 Å². The topological polar surface area (TPSA) is 27.1 Å². The molecule has 3 rings (SSSR count). The Morgan fingerprint density at radius 1 is 1.17 bits per heavy atom. The fourth-order valence-corrected chi connectivity index (χ4v) is 2.56. The van der Waals surface area contributed by atoms with Gasteiger partial charge in [0, 0.05) is 18.9 Å². The molecule has 2 aromatic carbocycles. The summed E-state index contributed by atoms with van der Waals surface area (Å²) in [4.78, 5) is 4.04. The van der Waals surface area contributed by atoms with E-state index in [2.05, 4.69) is 46.0 Å². The summed E-state index contributed by atoms with van der Waals surface area (Å²) in [5, 5.41) is 0. The van der Waals surface area contributed by atoms with E-state index in [4.69, 9.17) is 4.74 Å². The number of hydrogen-bond acceptors (Lipinski definition) is 2. The summed E-state index contributed by atoms with van der Waals surface area (Å²) in [5.41, 5.74) is 2.41. The van der Waals surface area contributed by atoms with Crippen LogP contribution in [0.1, 0.15) is 12.5 Å². The number of imidazole rings is 1. The van der Waals surface area contributed by atoms with Gasteiger partial charge in [0.2, 0.25) is 0 Å². The highest BCUT2D eigenvalue weighted by Gasteiger charge is 2.02. The standard InChI is InChI=1S/C19H17BrN2O/c1-15(10-12-22-13-11-21-14-22)16-6-8-17(9-7-16)23-19-5-3-2-4-18(19)20/h2-11,13-14H,12H2,1H3. The van der Waals surface area contributed by atoms with Crippen LogP contribution in [0.3, 0.4) is 0 Å². The van der Waals surface area contributed by atoms with Crippen LogP contribution >= 0.6 is 15.9 Å². The fourth-order valence-electron chi connectivity index (χ4n) is 2.20. The highest BCUT2D eigenvalue weighted by molar-refractivity contribution is 9.10. The van der Waals surface area contributed by atoms with Crippen LogP contribution in [0.25, 0.3) is 5.57 Å². The van der Waals surface area contributed by atoms with Crippen molar-refractivity contribution >= 4 is 21.5 Å². The van der Waals surface area contributed by atoms with Crippen LogP contribution in [0.5, 0.6) is 11.5 Å². The zero-order valence-corrected chi connectivity index (χ0v) is 14.4. The van der Waals surface area contributed by atoms with Crippen LogP contribution in [-0.4, -0.2) is 9.55 Å². The van der Waals surface area contributed by atoms with E-state index < -0.39 is 0 Å². The van der Waals surface area contributed by atoms with Crippen LogP contribution in [0.4, 0.5) is 0 Å². The van der Waals surface area contributed by atoms with Gasteiger partial charge in [-0.15, -0.1) is 0 Å². The first-order valence-electron chi connectivity index (χ1n) is 7.38. The molecule has 0 bridgehead atoms. The lowest BCUT2D eigenvalue weighted by molar-refractivity contribution is 0.479. The Hall–Kier alpha value is -2.33. The van der Waals surface area contributed by atoms with Crippen molar-refractivity contribution in [2.75, 3.05) is 0 Å². The SMILES string of the molecule is CC(=CCn1ccnc1)c1ccc(Oc2ccccc2Br)cc1. The Morgan fingerprint density at radius 3 is 2.65 bits per heavy atom. The molecule has 0 atom stereocenters. The molecule has 116 valence electrons. The fraction of sp³-hybridized carbons (Fsp3) is 0.105. The van der Waals surface area contributed by atoms with Crippen molar-refractivity contribution in [3.05, 3.63) is 83.4 Å². The smallest absolute Gasteiger partial charge is 0.141 e. The Morgan fingerprint density at radius 2 is 1.96 bits per heavy atom. The predicted octanol–water partition coefficient (Wildman–Crippen LogP) is 5.54. The van der Waals surface area contributed by atoms with Gasteiger partial charge in [0.1, 0.15) is 11.5 Å². The zero-order chi connectivity index (χ0) is 16.1. The van der Waals surface area contributed by atoms with E-state index in [1.807, 2.05) is 53.5 Å². The number of halogens is 1. The second kappa shape index (κ2) is 7.29. The summed E-state index contributed by atoms with van der Waals surface area (Å²) in [6.45, 7) is 2.93. The lowest BCUT2D eigenvalue weighted by Crippen LogP contribution is -1.91.